The maximum Gasteiger partial charge on any atom is 0.236 e. The van der Waals surface area contributed by atoms with E-state index in [4.69, 9.17) is 0 Å². The number of anilines is 1. The van der Waals surface area contributed by atoms with Gasteiger partial charge < -0.3 is 0 Å². The summed E-state index contributed by atoms with van der Waals surface area (Å²) in [5, 5.41) is 0. The molecular formula is C16H17NO2S. The van der Waals surface area contributed by atoms with Gasteiger partial charge in [-0.1, -0.05) is 36.4 Å². The van der Waals surface area contributed by atoms with Crippen LogP contribution in [0.25, 0.3) is 0 Å². The number of nitrogens with one attached hydrogen (secondary N) is 1. The Morgan fingerprint density at radius 2 is 1.70 bits per heavy atom. The molecule has 0 saturated carbocycles. The number of rotatable bonds is 4. The Kier molecular flexibility index (Phi) is 3.49. The van der Waals surface area contributed by atoms with Crippen LogP contribution >= 0.6 is 0 Å². The van der Waals surface area contributed by atoms with Gasteiger partial charge in [-0.3, -0.25) is 4.72 Å². The molecule has 0 unspecified atom stereocenters. The number of hydrogen-bond acceptors (Lipinski definition) is 2. The van der Waals surface area contributed by atoms with Gasteiger partial charge in [0.15, 0.2) is 0 Å². The van der Waals surface area contributed by atoms with Gasteiger partial charge in [0.2, 0.25) is 10.0 Å². The highest BCUT2D eigenvalue weighted by Gasteiger charge is 2.15. The molecule has 0 saturated heterocycles. The highest BCUT2D eigenvalue weighted by atomic mass is 32.2. The van der Waals surface area contributed by atoms with E-state index in [1.165, 1.54) is 11.1 Å². The third-order valence-corrected chi connectivity index (χ3v) is 4.83. The second kappa shape index (κ2) is 5.29. The monoisotopic (exact) mass is 287 g/mol. The predicted octanol–water partition coefficient (Wildman–Crippen LogP) is 3.12. The molecule has 0 fully saturated rings. The number of sulfonamides is 1. The first kappa shape index (κ1) is 13.2. The average Bonchev–Trinajstić information content (AvgIpc) is 2.86. The van der Waals surface area contributed by atoms with Crippen LogP contribution in [0.5, 0.6) is 0 Å². The molecule has 0 amide bonds. The fourth-order valence-corrected chi connectivity index (χ4v) is 3.83. The summed E-state index contributed by atoms with van der Waals surface area (Å²) in [4.78, 5) is 0. The van der Waals surface area contributed by atoms with Crippen LogP contribution in [0.2, 0.25) is 0 Å². The van der Waals surface area contributed by atoms with Crippen molar-refractivity contribution in [3.63, 3.8) is 0 Å². The van der Waals surface area contributed by atoms with E-state index in [0.29, 0.717) is 5.69 Å². The van der Waals surface area contributed by atoms with Crippen LogP contribution in [-0.2, 0) is 28.6 Å². The van der Waals surface area contributed by atoms with Gasteiger partial charge in [-0.25, -0.2) is 8.42 Å². The third-order valence-electron chi connectivity index (χ3n) is 3.57. The molecule has 0 radical (unpaired) electrons. The maximum absolute atomic E-state index is 12.2. The zero-order valence-corrected chi connectivity index (χ0v) is 12.0. The first-order valence-corrected chi connectivity index (χ1v) is 8.44. The molecule has 1 aliphatic rings. The van der Waals surface area contributed by atoms with E-state index < -0.39 is 10.0 Å². The normalized spacial score (nSPS) is 14.0. The quantitative estimate of drug-likeness (QED) is 0.939. The van der Waals surface area contributed by atoms with E-state index >= 15 is 0 Å². The smallest absolute Gasteiger partial charge is 0.236 e. The number of fused-ring (bicyclic) bond motifs is 1. The van der Waals surface area contributed by atoms with Crippen LogP contribution in [0, 0.1) is 0 Å². The molecule has 2 aromatic rings. The summed E-state index contributed by atoms with van der Waals surface area (Å²) >= 11 is 0. The van der Waals surface area contributed by atoms with Crippen LogP contribution in [0.1, 0.15) is 23.1 Å². The van der Waals surface area contributed by atoms with Crippen molar-refractivity contribution in [2.75, 3.05) is 4.72 Å². The molecule has 4 heteroatoms. The summed E-state index contributed by atoms with van der Waals surface area (Å²) < 4.78 is 27.0. The van der Waals surface area contributed by atoms with Crippen LogP contribution in [-0.4, -0.2) is 8.42 Å². The fourth-order valence-electron chi connectivity index (χ4n) is 2.64. The van der Waals surface area contributed by atoms with Crippen molar-refractivity contribution in [3.05, 3.63) is 65.2 Å². The Hall–Kier alpha value is -1.81. The van der Waals surface area contributed by atoms with Gasteiger partial charge in [0.1, 0.15) is 0 Å². The molecule has 3 nitrogen and oxygen atoms in total. The molecule has 1 N–H and O–H groups in total. The van der Waals surface area contributed by atoms with Crippen LogP contribution < -0.4 is 4.72 Å². The lowest BCUT2D eigenvalue weighted by Gasteiger charge is -2.09. The van der Waals surface area contributed by atoms with Gasteiger partial charge in [0.05, 0.1) is 5.75 Å². The van der Waals surface area contributed by atoms with Crippen LogP contribution in [0.4, 0.5) is 5.69 Å². The van der Waals surface area contributed by atoms with Gasteiger partial charge in [0, 0.05) is 5.69 Å². The van der Waals surface area contributed by atoms with Gasteiger partial charge in [0.25, 0.3) is 0 Å². The molecule has 0 aromatic heterocycles. The minimum Gasteiger partial charge on any atom is -0.283 e. The Labute approximate surface area is 119 Å². The Morgan fingerprint density at radius 3 is 2.50 bits per heavy atom. The van der Waals surface area contributed by atoms with E-state index in [9.17, 15) is 8.42 Å². The van der Waals surface area contributed by atoms with Gasteiger partial charge in [-0.2, -0.15) is 0 Å². The standard InChI is InChI=1S/C16H17NO2S/c18-20(19,12-13-5-2-1-3-6-13)17-16-10-9-14-7-4-8-15(14)11-16/h1-3,5-6,9-11,17H,4,7-8,12H2. The van der Waals surface area contributed by atoms with E-state index in [1.807, 2.05) is 48.5 Å². The number of benzene rings is 2. The first-order chi connectivity index (χ1) is 9.62. The summed E-state index contributed by atoms with van der Waals surface area (Å²) in [5.74, 6) is 0.00489. The van der Waals surface area contributed by atoms with E-state index in [2.05, 4.69) is 4.72 Å². The van der Waals surface area contributed by atoms with Crippen LogP contribution in [0.3, 0.4) is 0 Å². The second-order valence-corrected chi connectivity index (χ2v) is 6.91. The van der Waals surface area contributed by atoms with Crippen LogP contribution in [0.15, 0.2) is 48.5 Å². The molecule has 0 aliphatic heterocycles. The lowest BCUT2D eigenvalue weighted by atomic mass is 10.1. The highest BCUT2D eigenvalue weighted by molar-refractivity contribution is 7.91. The predicted molar refractivity (Wildman–Crippen MR) is 81.2 cm³/mol. The molecule has 2 aromatic carbocycles. The molecule has 0 bridgehead atoms. The molecular weight excluding hydrogens is 270 g/mol. The van der Waals surface area contributed by atoms with E-state index in [-0.39, 0.29) is 5.75 Å². The molecule has 3 rings (SSSR count). The highest BCUT2D eigenvalue weighted by Crippen LogP contribution is 2.25. The molecule has 20 heavy (non-hydrogen) atoms. The maximum atomic E-state index is 12.2. The summed E-state index contributed by atoms with van der Waals surface area (Å²) in [6.45, 7) is 0. The summed E-state index contributed by atoms with van der Waals surface area (Å²) in [5.41, 5.74) is 4.07. The molecule has 0 heterocycles. The zero-order valence-electron chi connectivity index (χ0n) is 11.2. The van der Waals surface area contributed by atoms with Crippen molar-refractivity contribution in [3.8, 4) is 0 Å². The van der Waals surface area contributed by atoms with Gasteiger partial charge in [-0.05, 0) is 48.1 Å². The summed E-state index contributed by atoms with van der Waals surface area (Å²) in [6.07, 6.45) is 3.31. The topological polar surface area (TPSA) is 46.2 Å². The van der Waals surface area contributed by atoms with Crippen molar-refractivity contribution in [2.24, 2.45) is 0 Å². The minimum absolute atomic E-state index is 0.00489. The lowest BCUT2D eigenvalue weighted by molar-refractivity contribution is 0.600. The zero-order chi connectivity index (χ0) is 14.0. The SMILES string of the molecule is O=S(=O)(Cc1ccccc1)Nc1ccc2c(c1)CCC2. The van der Waals surface area contributed by atoms with Crippen molar-refractivity contribution in [2.45, 2.75) is 25.0 Å². The third kappa shape index (κ3) is 3.02. The molecule has 0 atom stereocenters. The first-order valence-electron chi connectivity index (χ1n) is 6.79. The summed E-state index contributed by atoms with van der Waals surface area (Å²) in [7, 11) is -3.36. The minimum atomic E-state index is -3.36. The lowest BCUT2D eigenvalue weighted by Crippen LogP contribution is -2.15. The molecule has 0 spiro atoms. The van der Waals surface area contributed by atoms with Gasteiger partial charge >= 0.3 is 0 Å². The summed E-state index contributed by atoms with van der Waals surface area (Å²) in [6, 6.07) is 15.1. The van der Waals surface area contributed by atoms with E-state index in [0.717, 1.165) is 24.8 Å². The number of hydrogen-bond donors (Lipinski definition) is 1. The van der Waals surface area contributed by atoms with Gasteiger partial charge in [-0.15, -0.1) is 0 Å². The Balaban J connectivity index is 1.76. The largest absolute Gasteiger partial charge is 0.283 e. The Morgan fingerprint density at radius 1 is 0.950 bits per heavy atom. The van der Waals surface area contributed by atoms with Crippen molar-refractivity contribution < 1.29 is 8.42 Å². The second-order valence-electron chi connectivity index (χ2n) is 5.18. The molecule has 104 valence electrons. The fraction of sp³-hybridized carbons (Fsp3) is 0.250. The van der Waals surface area contributed by atoms with Crippen molar-refractivity contribution in [1.29, 1.82) is 0 Å². The number of aryl methyl sites for hydroxylation is 2. The van der Waals surface area contributed by atoms with E-state index in [1.54, 1.807) is 0 Å². The average molecular weight is 287 g/mol. The van der Waals surface area contributed by atoms with Crippen molar-refractivity contribution >= 4 is 15.7 Å². The molecule has 1 aliphatic carbocycles. The van der Waals surface area contributed by atoms with Crippen molar-refractivity contribution in [1.82, 2.24) is 0 Å². The Bertz CT molecular complexity index is 709.